The molecule has 0 radical (unpaired) electrons. The number of benzene rings is 1. The Balaban J connectivity index is 2.51. The Labute approximate surface area is 140 Å². The van der Waals surface area contributed by atoms with Crippen LogP contribution in [0.25, 0.3) is 12.2 Å². The standard InChI is InChI=1S/C19H23NO2S/c1-6-13-7-9-14(10-8-13)11-15-18(22)20(5)17(23-15)12-16(21)19(2,3)4/h7-12H,6H2,1-5H3. The van der Waals surface area contributed by atoms with E-state index in [1.165, 1.54) is 16.9 Å². The minimum absolute atomic E-state index is 0.0215. The first kappa shape index (κ1) is 17.4. The van der Waals surface area contributed by atoms with Gasteiger partial charge in [-0.3, -0.25) is 9.59 Å². The average Bonchev–Trinajstić information content (AvgIpc) is 2.75. The minimum Gasteiger partial charge on any atom is -0.302 e. The number of Topliss-reactive ketones (excluding diaryl/α,β-unsaturated/α-hetero) is 1. The van der Waals surface area contributed by atoms with Gasteiger partial charge in [-0.1, -0.05) is 52.0 Å². The fraction of sp³-hybridized carbons (Fsp3) is 0.368. The second-order valence-corrected chi connectivity index (χ2v) is 7.73. The summed E-state index contributed by atoms with van der Waals surface area (Å²) in [5, 5.41) is 0. The lowest BCUT2D eigenvalue weighted by molar-refractivity contribution is -0.120. The van der Waals surface area contributed by atoms with Gasteiger partial charge < -0.3 is 4.57 Å². The van der Waals surface area contributed by atoms with Gasteiger partial charge in [0.25, 0.3) is 5.56 Å². The summed E-state index contributed by atoms with van der Waals surface area (Å²) in [7, 11) is 1.71. The second-order valence-electron chi connectivity index (χ2n) is 6.67. The van der Waals surface area contributed by atoms with E-state index >= 15 is 0 Å². The van der Waals surface area contributed by atoms with Gasteiger partial charge in [0.15, 0.2) is 5.78 Å². The van der Waals surface area contributed by atoms with Gasteiger partial charge in [0.1, 0.15) is 4.66 Å². The monoisotopic (exact) mass is 329 g/mol. The molecule has 0 N–H and O–H groups in total. The highest BCUT2D eigenvalue weighted by molar-refractivity contribution is 7.07. The molecular weight excluding hydrogens is 306 g/mol. The third-order valence-electron chi connectivity index (χ3n) is 3.74. The molecule has 0 aliphatic rings. The van der Waals surface area contributed by atoms with Crippen LogP contribution in [0.4, 0.5) is 0 Å². The van der Waals surface area contributed by atoms with Crippen molar-refractivity contribution in [2.75, 3.05) is 0 Å². The van der Waals surface area contributed by atoms with Gasteiger partial charge in [0.05, 0.1) is 4.53 Å². The van der Waals surface area contributed by atoms with Gasteiger partial charge in [0.2, 0.25) is 0 Å². The maximum Gasteiger partial charge on any atom is 0.268 e. The Hall–Kier alpha value is -1.94. The zero-order chi connectivity index (χ0) is 17.2. The number of aryl methyl sites for hydroxylation is 1. The zero-order valence-electron chi connectivity index (χ0n) is 14.3. The summed E-state index contributed by atoms with van der Waals surface area (Å²) in [6, 6.07) is 8.17. The highest BCUT2D eigenvalue weighted by Gasteiger charge is 2.19. The molecule has 3 nitrogen and oxygen atoms in total. The summed E-state index contributed by atoms with van der Waals surface area (Å²) in [4.78, 5) is 24.5. The maximum atomic E-state index is 12.4. The molecule has 0 aliphatic carbocycles. The first-order chi connectivity index (χ1) is 10.7. The summed E-state index contributed by atoms with van der Waals surface area (Å²) in [6.07, 6.45) is 4.45. The first-order valence-electron chi connectivity index (χ1n) is 7.75. The average molecular weight is 329 g/mol. The number of thiazole rings is 1. The second kappa shape index (κ2) is 6.67. The van der Waals surface area contributed by atoms with Crippen molar-refractivity contribution in [3.05, 3.63) is 54.9 Å². The van der Waals surface area contributed by atoms with E-state index in [-0.39, 0.29) is 11.3 Å². The lowest BCUT2D eigenvalue weighted by Gasteiger charge is -2.12. The SMILES string of the molecule is CCc1ccc(C=c2sc(=CC(=O)C(C)(C)C)n(C)c2=O)cc1. The van der Waals surface area contributed by atoms with Crippen LogP contribution in [-0.2, 0) is 18.3 Å². The summed E-state index contributed by atoms with van der Waals surface area (Å²) in [5.74, 6) is 0.0215. The van der Waals surface area contributed by atoms with Gasteiger partial charge in [-0.25, -0.2) is 0 Å². The fourth-order valence-electron chi connectivity index (χ4n) is 2.04. The lowest BCUT2D eigenvalue weighted by Crippen LogP contribution is -2.30. The Bertz CT molecular complexity index is 877. The predicted molar refractivity (Wildman–Crippen MR) is 97.1 cm³/mol. The number of carbonyl (C=O) groups excluding carboxylic acids is 1. The fourth-order valence-corrected chi connectivity index (χ4v) is 3.07. The van der Waals surface area contributed by atoms with Crippen molar-refractivity contribution in [2.45, 2.75) is 34.1 Å². The van der Waals surface area contributed by atoms with Crippen molar-refractivity contribution in [3.8, 4) is 0 Å². The molecule has 0 saturated carbocycles. The van der Waals surface area contributed by atoms with Crippen LogP contribution in [-0.4, -0.2) is 10.4 Å². The van der Waals surface area contributed by atoms with Gasteiger partial charge in [0, 0.05) is 18.5 Å². The van der Waals surface area contributed by atoms with E-state index < -0.39 is 5.41 Å². The van der Waals surface area contributed by atoms with E-state index in [1.54, 1.807) is 17.7 Å². The molecule has 0 spiro atoms. The van der Waals surface area contributed by atoms with Crippen LogP contribution < -0.4 is 14.8 Å². The number of ketones is 1. The van der Waals surface area contributed by atoms with Crippen molar-refractivity contribution in [2.24, 2.45) is 12.5 Å². The normalized spacial score (nSPS) is 13.6. The molecule has 0 bridgehead atoms. The molecule has 23 heavy (non-hydrogen) atoms. The maximum absolute atomic E-state index is 12.4. The van der Waals surface area contributed by atoms with Crippen LogP contribution in [0, 0.1) is 5.41 Å². The quantitative estimate of drug-likeness (QED) is 0.866. The third-order valence-corrected chi connectivity index (χ3v) is 4.85. The predicted octanol–water partition coefficient (Wildman–Crippen LogP) is 2.23. The molecule has 0 atom stereocenters. The number of hydrogen-bond acceptors (Lipinski definition) is 3. The topological polar surface area (TPSA) is 39.1 Å². The molecule has 0 amide bonds. The number of rotatable bonds is 3. The molecule has 2 aromatic rings. The van der Waals surface area contributed by atoms with Gasteiger partial charge in [-0.2, -0.15) is 0 Å². The van der Waals surface area contributed by atoms with Crippen molar-refractivity contribution in [1.82, 2.24) is 4.57 Å². The van der Waals surface area contributed by atoms with Crippen molar-refractivity contribution in [1.29, 1.82) is 0 Å². The third kappa shape index (κ3) is 4.08. The molecule has 2 rings (SSSR count). The van der Waals surface area contributed by atoms with Crippen LogP contribution in [0.3, 0.4) is 0 Å². The summed E-state index contributed by atoms with van der Waals surface area (Å²) in [6.45, 7) is 7.74. The molecule has 1 heterocycles. The van der Waals surface area contributed by atoms with E-state index in [0.717, 1.165) is 12.0 Å². The smallest absolute Gasteiger partial charge is 0.268 e. The molecule has 0 aliphatic heterocycles. The van der Waals surface area contributed by atoms with Crippen LogP contribution in [0.2, 0.25) is 0 Å². The van der Waals surface area contributed by atoms with E-state index in [2.05, 4.69) is 19.1 Å². The molecule has 0 unspecified atom stereocenters. The molecule has 0 saturated heterocycles. The lowest BCUT2D eigenvalue weighted by atomic mass is 9.91. The number of nitrogens with zero attached hydrogens (tertiary/aromatic N) is 1. The van der Waals surface area contributed by atoms with E-state index in [4.69, 9.17) is 0 Å². The zero-order valence-corrected chi connectivity index (χ0v) is 15.2. The Morgan fingerprint density at radius 2 is 1.83 bits per heavy atom. The van der Waals surface area contributed by atoms with E-state index in [9.17, 15) is 9.59 Å². The van der Waals surface area contributed by atoms with E-state index in [1.807, 2.05) is 39.0 Å². The molecule has 1 aromatic carbocycles. The first-order valence-corrected chi connectivity index (χ1v) is 8.56. The highest BCUT2D eigenvalue weighted by Crippen LogP contribution is 2.14. The molecule has 122 valence electrons. The van der Waals surface area contributed by atoms with Crippen LogP contribution in [0.5, 0.6) is 0 Å². The van der Waals surface area contributed by atoms with Crippen molar-refractivity contribution >= 4 is 29.3 Å². The Morgan fingerprint density at radius 3 is 2.35 bits per heavy atom. The summed E-state index contributed by atoms with van der Waals surface area (Å²) in [5.41, 5.74) is 1.75. The minimum atomic E-state index is -0.445. The largest absolute Gasteiger partial charge is 0.302 e. The number of carbonyl (C=O) groups is 1. The Morgan fingerprint density at radius 1 is 1.22 bits per heavy atom. The summed E-state index contributed by atoms with van der Waals surface area (Å²) < 4.78 is 2.87. The van der Waals surface area contributed by atoms with E-state index in [0.29, 0.717) is 9.20 Å². The number of aromatic nitrogens is 1. The van der Waals surface area contributed by atoms with Crippen LogP contribution >= 0.6 is 11.3 Å². The van der Waals surface area contributed by atoms with Crippen LogP contribution in [0.1, 0.15) is 38.8 Å². The Kier molecular flexibility index (Phi) is 5.05. The molecule has 1 aromatic heterocycles. The van der Waals surface area contributed by atoms with Crippen LogP contribution in [0.15, 0.2) is 29.1 Å². The molecular formula is C19H23NO2S. The van der Waals surface area contributed by atoms with Crippen molar-refractivity contribution in [3.63, 3.8) is 0 Å². The highest BCUT2D eigenvalue weighted by atomic mass is 32.1. The molecule has 4 heteroatoms. The molecule has 0 fully saturated rings. The van der Waals surface area contributed by atoms with Gasteiger partial charge >= 0.3 is 0 Å². The van der Waals surface area contributed by atoms with Crippen molar-refractivity contribution < 1.29 is 4.79 Å². The number of hydrogen-bond donors (Lipinski definition) is 0. The van der Waals surface area contributed by atoms with Gasteiger partial charge in [-0.15, -0.1) is 11.3 Å². The summed E-state index contributed by atoms with van der Waals surface area (Å²) >= 11 is 1.35. The van der Waals surface area contributed by atoms with Gasteiger partial charge in [-0.05, 0) is 23.6 Å².